The van der Waals surface area contributed by atoms with Crippen LogP contribution in [0.4, 0.5) is 32.1 Å². The van der Waals surface area contributed by atoms with Gasteiger partial charge in [-0.3, -0.25) is 0 Å². The SMILES string of the molecule is COc1cc(N2CC3CC[C@@H](C2)C3Nc2nc3n(n2)CCCN3c2cc(F)cc(F)c2)ccn1. The molecule has 8 nitrogen and oxygen atoms in total. The zero-order chi connectivity index (χ0) is 23.2. The van der Waals surface area contributed by atoms with E-state index in [1.807, 2.05) is 21.7 Å². The fourth-order valence-electron chi connectivity index (χ4n) is 5.69. The molecule has 1 aliphatic carbocycles. The Bertz CT molecular complexity index is 1170. The molecule has 2 aromatic heterocycles. The van der Waals surface area contributed by atoms with E-state index in [2.05, 4.69) is 20.3 Å². The summed E-state index contributed by atoms with van der Waals surface area (Å²) in [5.74, 6) is 1.59. The van der Waals surface area contributed by atoms with E-state index in [0.29, 0.717) is 47.9 Å². The summed E-state index contributed by atoms with van der Waals surface area (Å²) in [5, 5.41) is 8.30. The molecule has 0 spiro atoms. The van der Waals surface area contributed by atoms with Crippen LogP contribution in [0, 0.1) is 23.5 Å². The molecule has 2 unspecified atom stereocenters. The maximum atomic E-state index is 13.8. The number of anilines is 4. The molecule has 1 aromatic carbocycles. The molecule has 1 saturated heterocycles. The van der Waals surface area contributed by atoms with Gasteiger partial charge >= 0.3 is 0 Å². The molecule has 3 aromatic rings. The van der Waals surface area contributed by atoms with Gasteiger partial charge < -0.3 is 19.9 Å². The van der Waals surface area contributed by atoms with Gasteiger partial charge in [0, 0.05) is 61.9 Å². The first-order valence-electron chi connectivity index (χ1n) is 11.8. The minimum atomic E-state index is -0.597. The molecular formula is C24H27F2N7O. The Balaban J connectivity index is 1.20. The van der Waals surface area contributed by atoms with Gasteiger partial charge in [0.25, 0.3) is 0 Å². The number of methoxy groups -OCH3 is 1. The number of nitrogens with zero attached hydrogens (tertiary/aromatic N) is 6. The molecule has 34 heavy (non-hydrogen) atoms. The van der Waals surface area contributed by atoms with Gasteiger partial charge in [0.05, 0.1) is 7.11 Å². The van der Waals surface area contributed by atoms with Crippen molar-refractivity contribution in [2.75, 3.05) is 41.9 Å². The number of rotatable bonds is 5. The summed E-state index contributed by atoms with van der Waals surface area (Å²) in [7, 11) is 1.63. The van der Waals surface area contributed by atoms with Gasteiger partial charge in [-0.2, -0.15) is 4.98 Å². The van der Waals surface area contributed by atoms with Crippen molar-refractivity contribution in [3.8, 4) is 5.88 Å². The Morgan fingerprint density at radius 1 is 1.00 bits per heavy atom. The van der Waals surface area contributed by atoms with Crippen LogP contribution in [0.25, 0.3) is 0 Å². The number of nitrogens with one attached hydrogen (secondary N) is 1. The molecule has 0 amide bonds. The minimum Gasteiger partial charge on any atom is -0.481 e. The number of fused-ring (bicyclic) bond motifs is 3. The third kappa shape index (κ3) is 3.80. The van der Waals surface area contributed by atoms with Crippen LogP contribution in [-0.2, 0) is 6.54 Å². The van der Waals surface area contributed by atoms with E-state index < -0.39 is 11.6 Å². The second kappa shape index (κ2) is 8.41. The normalized spacial score (nSPS) is 23.7. The van der Waals surface area contributed by atoms with Gasteiger partial charge in [0.1, 0.15) is 11.6 Å². The molecule has 3 aliphatic rings. The summed E-state index contributed by atoms with van der Waals surface area (Å²) in [5.41, 5.74) is 1.59. The van der Waals surface area contributed by atoms with E-state index in [9.17, 15) is 8.78 Å². The predicted molar refractivity (Wildman–Crippen MR) is 125 cm³/mol. The summed E-state index contributed by atoms with van der Waals surface area (Å²) in [6.07, 6.45) is 4.93. The lowest BCUT2D eigenvalue weighted by atomic mass is 9.92. The van der Waals surface area contributed by atoms with Crippen molar-refractivity contribution in [1.82, 2.24) is 19.7 Å². The largest absolute Gasteiger partial charge is 0.481 e. The summed E-state index contributed by atoms with van der Waals surface area (Å²) in [6.45, 7) is 3.26. The van der Waals surface area contributed by atoms with Crippen molar-refractivity contribution in [2.45, 2.75) is 31.8 Å². The highest BCUT2D eigenvalue weighted by molar-refractivity contribution is 5.59. The molecular weight excluding hydrogens is 440 g/mol. The first kappa shape index (κ1) is 21.1. The van der Waals surface area contributed by atoms with Crippen LogP contribution in [0.15, 0.2) is 36.5 Å². The zero-order valence-corrected chi connectivity index (χ0v) is 19.0. The fourth-order valence-corrected chi connectivity index (χ4v) is 5.69. The summed E-state index contributed by atoms with van der Waals surface area (Å²) >= 11 is 0. The van der Waals surface area contributed by atoms with Crippen LogP contribution in [0.2, 0.25) is 0 Å². The highest BCUT2D eigenvalue weighted by Crippen LogP contribution is 2.40. The van der Waals surface area contributed by atoms with Crippen molar-refractivity contribution >= 4 is 23.3 Å². The minimum absolute atomic E-state index is 0.296. The van der Waals surface area contributed by atoms with Gasteiger partial charge in [0.15, 0.2) is 0 Å². The van der Waals surface area contributed by atoms with Crippen LogP contribution >= 0.6 is 0 Å². The smallest absolute Gasteiger partial charge is 0.244 e. The first-order valence-corrected chi connectivity index (χ1v) is 11.8. The predicted octanol–water partition coefficient (Wildman–Crippen LogP) is 3.83. The Morgan fingerprint density at radius 3 is 2.50 bits per heavy atom. The van der Waals surface area contributed by atoms with E-state index in [-0.39, 0.29) is 0 Å². The maximum absolute atomic E-state index is 13.8. The standard InChI is InChI=1S/C24H27F2N7O/c1-34-21-12-19(5-6-27-21)31-13-15-3-4-16(14-31)22(15)28-23-29-24-32(7-2-8-33(24)30-23)20-10-17(25)9-18(26)11-20/h5-6,9-12,15-16,22H,2-4,7-8,13-14H2,1H3,(H,28,30)/t15-,16?,22?/m0/s1. The van der Waals surface area contributed by atoms with Crippen molar-refractivity contribution in [2.24, 2.45) is 11.8 Å². The second-order valence-electron chi connectivity index (χ2n) is 9.32. The number of hydrogen-bond acceptors (Lipinski definition) is 7. The van der Waals surface area contributed by atoms with Gasteiger partial charge in [-0.05, 0) is 49.3 Å². The Labute approximate surface area is 196 Å². The molecule has 3 atom stereocenters. The monoisotopic (exact) mass is 467 g/mol. The van der Waals surface area contributed by atoms with E-state index >= 15 is 0 Å². The Kier molecular flexibility index (Phi) is 5.23. The molecule has 1 N–H and O–H groups in total. The fraction of sp³-hybridized carbons (Fsp3) is 0.458. The number of ether oxygens (including phenoxy) is 1. The summed E-state index contributed by atoms with van der Waals surface area (Å²) in [4.78, 5) is 13.2. The van der Waals surface area contributed by atoms with Gasteiger partial charge in [-0.15, -0.1) is 5.10 Å². The summed E-state index contributed by atoms with van der Waals surface area (Å²) in [6, 6.07) is 7.88. The average molecular weight is 468 g/mol. The first-order chi connectivity index (χ1) is 16.6. The molecule has 2 fully saturated rings. The number of halogens is 2. The second-order valence-corrected chi connectivity index (χ2v) is 9.32. The Hall–Kier alpha value is -3.43. The third-order valence-corrected chi connectivity index (χ3v) is 7.23. The van der Waals surface area contributed by atoms with E-state index in [1.54, 1.807) is 13.3 Å². The lowest BCUT2D eigenvalue weighted by Gasteiger charge is -2.39. The van der Waals surface area contributed by atoms with E-state index in [1.165, 1.54) is 12.1 Å². The van der Waals surface area contributed by atoms with Crippen LogP contribution in [0.3, 0.4) is 0 Å². The van der Waals surface area contributed by atoms with Gasteiger partial charge in [-0.25, -0.2) is 18.4 Å². The molecule has 1 saturated carbocycles. The highest BCUT2D eigenvalue weighted by atomic mass is 19.1. The molecule has 178 valence electrons. The zero-order valence-electron chi connectivity index (χ0n) is 19.0. The number of pyridine rings is 1. The molecule has 4 heterocycles. The van der Waals surface area contributed by atoms with Crippen molar-refractivity contribution in [1.29, 1.82) is 0 Å². The van der Waals surface area contributed by atoms with Crippen LogP contribution in [0.1, 0.15) is 19.3 Å². The number of benzene rings is 1. The average Bonchev–Trinajstić information content (AvgIpc) is 3.34. The van der Waals surface area contributed by atoms with Gasteiger partial charge in [0.2, 0.25) is 17.8 Å². The molecule has 6 rings (SSSR count). The van der Waals surface area contributed by atoms with Crippen LogP contribution in [0.5, 0.6) is 5.88 Å². The third-order valence-electron chi connectivity index (χ3n) is 7.23. The van der Waals surface area contributed by atoms with E-state index in [0.717, 1.165) is 50.7 Å². The quantitative estimate of drug-likeness (QED) is 0.612. The lowest BCUT2D eigenvalue weighted by molar-refractivity contribution is 0.374. The number of piperidine rings is 1. The van der Waals surface area contributed by atoms with Crippen LogP contribution in [-0.4, -0.2) is 52.5 Å². The lowest BCUT2D eigenvalue weighted by Crippen LogP contribution is -2.48. The molecule has 2 aliphatic heterocycles. The molecule has 2 bridgehead atoms. The number of hydrogen-bond donors (Lipinski definition) is 1. The maximum Gasteiger partial charge on any atom is 0.244 e. The molecule has 10 heteroatoms. The van der Waals surface area contributed by atoms with Crippen molar-refractivity contribution in [3.63, 3.8) is 0 Å². The highest BCUT2D eigenvalue weighted by Gasteiger charge is 2.43. The summed E-state index contributed by atoms with van der Waals surface area (Å²) < 4.78 is 34.8. The van der Waals surface area contributed by atoms with Crippen LogP contribution < -0.4 is 19.9 Å². The topological polar surface area (TPSA) is 71.3 Å². The number of aromatic nitrogens is 4. The van der Waals surface area contributed by atoms with E-state index in [4.69, 9.17) is 9.72 Å². The van der Waals surface area contributed by atoms with Crippen molar-refractivity contribution in [3.05, 3.63) is 48.2 Å². The Morgan fingerprint density at radius 2 is 1.76 bits per heavy atom. The van der Waals surface area contributed by atoms with Gasteiger partial charge in [-0.1, -0.05) is 0 Å². The van der Waals surface area contributed by atoms with Crippen molar-refractivity contribution < 1.29 is 13.5 Å². The molecule has 0 radical (unpaired) electrons. The number of aryl methyl sites for hydroxylation is 1.